The van der Waals surface area contributed by atoms with E-state index in [1.165, 1.54) is 0 Å². The van der Waals surface area contributed by atoms with Gasteiger partial charge in [-0.3, -0.25) is 14.6 Å². The summed E-state index contributed by atoms with van der Waals surface area (Å²) in [6, 6.07) is 10.5. The molecule has 0 fully saturated rings. The summed E-state index contributed by atoms with van der Waals surface area (Å²) in [5.41, 5.74) is 1.25. The molecule has 1 aliphatic rings. The van der Waals surface area contributed by atoms with Gasteiger partial charge in [-0.1, -0.05) is 12.1 Å². The molecule has 1 aliphatic heterocycles. The fraction of sp³-hybridized carbons (Fsp3) is 0.133. The summed E-state index contributed by atoms with van der Waals surface area (Å²) in [5.74, 6) is -0.0434. The molecule has 3 rings (SSSR count). The lowest BCUT2D eigenvalue weighted by molar-refractivity contribution is -0.128. The molecule has 6 nitrogen and oxygen atoms in total. The van der Waals surface area contributed by atoms with Crippen molar-refractivity contribution in [1.82, 2.24) is 4.98 Å². The Morgan fingerprint density at radius 1 is 1.24 bits per heavy atom. The minimum Gasteiger partial charge on any atom is -0.478 e. The van der Waals surface area contributed by atoms with Crippen LogP contribution < -0.4 is 15.4 Å². The van der Waals surface area contributed by atoms with Gasteiger partial charge in [-0.2, -0.15) is 0 Å². The quantitative estimate of drug-likeness (QED) is 0.900. The van der Waals surface area contributed by atoms with Crippen molar-refractivity contribution in [1.29, 1.82) is 0 Å². The number of fused-ring (bicyclic) bond motifs is 1. The highest BCUT2D eigenvalue weighted by Crippen LogP contribution is 2.29. The Morgan fingerprint density at radius 3 is 2.81 bits per heavy atom. The predicted molar refractivity (Wildman–Crippen MR) is 77.0 cm³/mol. The van der Waals surface area contributed by atoms with E-state index in [1.807, 2.05) is 6.07 Å². The van der Waals surface area contributed by atoms with Crippen molar-refractivity contribution >= 4 is 23.2 Å². The van der Waals surface area contributed by atoms with Gasteiger partial charge in [-0.15, -0.1) is 0 Å². The number of anilines is 2. The third-order valence-corrected chi connectivity index (χ3v) is 3.04. The van der Waals surface area contributed by atoms with Crippen LogP contribution in [0.1, 0.15) is 6.42 Å². The lowest BCUT2D eigenvalue weighted by Gasteiger charge is -2.25. The molecular formula is C15H13N3O3. The second-order valence-electron chi connectivity index (χ2n) is 4.58. The van der Waals surface area contributed by atoms with Crippen molar-refractivity contribution in [3.05, 3.63) is 48.8 Å². The SMILES string of the molecule is O=C(CC1Oc2ccccc2NC1=O)Nc1ccncc1. The number of ether oxygens (including phenoxy) is 1. The van der Waals surface area contributed by atoms with Gasteiger partial charge in [0.15, 0.2) is 6.10 Å². The van der Waals surface area contributed by atoms with Gasteiger partial charge in [0.2, 0.25) is 5.91 Å². The lowest BCUT2D eigenvalue weighted by atomic mass is 10.1. The van der Waals surface area contributed by atoms with Crippen molar-refractivity contribution in [3.63, 3.8) is 0 Å². The normalized spacial score (nSPS) is 16.4. The van der Waals surface area contributed by atoms with Crippen LogP contribution in [0.25, 0.3) is 0 Å². The van der Waals surface area contributed by atoms with Gasteiger partial charge in [-0.05, 0) is 24.3 Å². The first-order valence-corrected chi connectivity index (χ1v) is 6.49. The Balaban J connectivity index is 1.65. The Hall–Kier alpha value is -2.89. The van der Waals surface area contributed by atoms with E-state index < -0.39 is 6.10 Å². The van der Waals surface area contributed by atoms with E-state index in [2.05, 4.69) is 15.6 Å². The standard InChI is InChI=1S/C15H13N3O3/c19-14(17-10-5-7-16-8-6-10)9-13-15(20)18-11-3-1-2-4-12(11)21-13/h1-8,13H,9H2,(H,18,20)(H,16,17,19). The number of nitrogens with one attached hydrogen (secondary N) is 2. The smallest absolute Gasteiger partial charge is 0.266 e. The maximum Gasteiger partial charge on any atom is 0.266 e. The van der Waals surface area contributed by atoms with E-state index in [0.29, 0.717) is 17.1 Å². The third kappa shape index (κ3) is 3.00. The minimum atomic E-state index is -0.832. The topological polar surface area (TPSA) is 80.3 Å². The molecule has 0 saturated carbocycles. The maximum atomic E-state index is 11.9. The van der Waals surface area contributed by atoms with E-state index in [-0.39, 0.29) is 18.2 Å². The highest BCUT2D eigenvalue weighted by atomic mass is 16.5. The molecule has 0 spiro atoms. The first kappa shape index (κ1) is 13.1. The van der Waals surface area contributed by atoms with E-state index >= 15 is 0 Å². The molecule has 106 valence electrons. The van der Waals surface area contributed by atoms with E-state index in [4.69, 9.17) is 4.74 Å². The van der Waals surface area contributed by atoms with Gasteiger partial charge < -0.3 is 15.4 Å². The van der Waals surface area contributed by atoms with Crippen molar-refractivity contribution in [2.45, 2.75) is 12.5 Å². The Kier molecular flexibility index (Phi) is 3.51. The number of aromatic nitrogens is 1. The van der Waals surface area contributed by atoms with Gasteiger partial charge in [0.25, 0.3) is 5.91 Å². The molecule has 6 heteroatoms. The largest absolute Gasteiger partial charge is 0.478 e. The highest BCUT2D eigenvalue weighted by Gasteiger charge is 2.29. The molecule has 21 heavy (non-hydrogen) atoms. The third-order valence-electron chi connectivity index (χ3n) is 3.04. The number of rotatable bonds is 3. The summed E-state index contributed by atoms with van der Waals surface area (Å²) in [7, 11) is 0. The fourth-order valence-electron chi connectivity index (χ4n) is 2.04. The van der Waals surface area contributed by atoms with Crippen molar-refractivity contribution in [2.75, 3.05) is 10.6 Å². The minimum absolute atomic E-state index is 0.0531. The number of pyridine rings is 1. The number of para-hydroxylation sites is 2. The number of benzene rings is 1. The summed E-state index contributed by atoms with van der Waals surface area (Å²) in [6.07, 6.45) is 2.27. The first-order valence-electron chi connectivity index (χ1n) is 6.49. The van der Waals surface area contributed by atoms with E-state index in [1.54, 1.807) is 42.7 Å². The van der Waals surface area contributed by atoms with Crippen molar-refractivity contribution < 1.29 is 14.3 Å². The average molecular weight is 283 g/mol. The van der Waals surface area contributed by atoms with Gasteiger partial charge in [0.05, 0.1) is 12.1 Å². The summed E-state index contributed by atoms with van der Waals surface area (Å²) in [6.45, 7) is 0. The van der Waals surface area contributed by atoms with Crippen molar-refractivity contribution in [3.8, 4) is 5.75 Å². The lowest BCUT2D eigenvalue weighted by Crippen LogP contribution is -2.39. The Morgan fingerprint density at radius 2 is 2.00 bits per heavy atom. The highest BCUT2D eigenvalue weighted by molar-refractivity contribution is 6.01. The number of carbonyl (C=O) groups is 2. The maximum absolute atomic E-state index is 11.9. The van der Waals surface area contributed by atoms with Gasteiger partial charge in [0, 0.05) is 18.1 Å². The number of amides is 2. The molecular weight excluding hydrogens is 270 g/mol. The molecule has 2 heterocycles. The van der Waals surface area contributed by atoms with Crippen LogP contribution in [0.5, 0.6) is 5.75 Å². The summed E-state index contributed by atoms with van der Waals surface area (Å²) in [4.78, 5) is 27.7. The van der Waals surface area contributed by atoms with Crippen LogP contribution in [0, 0.1) is 0 Å². The van der Waals surface area contributed by atoms with Gasteiger partial charge in [0.1, 0.15) is 5.75 Å². The second kappa shape index (κ2) is 5.62. The van der Waals surface area contributed by atoms with E-state index in [0.717, 1.165) is 0 Å². The number of nitrogens with zero attached hydrogens (tertiary/aromatic N) is 1. The zero-order valence-electron chi connectivity index (χ0n) is 11.1. The number of hydrogen-bond donors (Lipinski definition) is 2. The Bertz CT molecular complexity index is 673. The molecule has 2 amide bonds. The fourth-order valence-corrected chi connectivity index (χ4v) is 2.04. The molecule has 1 atom stereocenters. The summed E-state index contributed by atoms with van der Waals surface area (Å²) >= 11 is 0. The number of carbonyl (C=O) groups excluding carboxylic acids is 2. The molecule has 0 bridgehead atoms. The molecule has 0 saturated heterocycles. The first-order chi connectivity index (χ1) is 10.2. The zero-order valence-corrected chi connectivity index (χ0v) is 11.1. The monoisotopic (exact) mass is 283 g/mol. The molecule has 2 N–H and O–H groups in total. The van der Waals surface area contributed by atoms with Crippen LogP contribution in [0.3, 0.4) is 0 Å². The van der Waals surface area contributed by atoms with Crippen LogP contribution in [-0.4, -0.2) is 22.9 Å². The summed E-state index contributed by atoms with van der Waals surface area (Å²) in [5, 5.41) is 5.42. The number of hydrogen-bond acceptors (Lipinski definition) is 4. The van der Waals surface area contributed by atoms with Gasteiger partial charge >= 0.3 is 0 Å². The predicted octanol–water partition coefficient (Wildman–Crippen LogP) is 1.81. The molecule has 1 unspecified atom stereocenters. The van der Waals surface area contributed by atoms with E-state index in [9.17, 15) is 9.59 Å². The molecule has 1 aromatic heterocycles. The second-order valence-corrected chi connectivity index (χ2v) is 4.58. The van der Waals surface area contributed by atoms with Crippen LogP contribution >= 0.6 is 0 Å². The molecule has 1 aromatic carbocycles. The van der Waals surface area contributed by atoms with Crippen LogP contribution in [-0.2, 0) is 9.59 Å². The molecule has 2 aromatic rings. The Labute approximate surface area is 121 Å². The van der Waals surface area contributed by atoms with Crippen LogP contribution in [0.4, 0.5) is 11.4 Å². The molecule has 0 radical (unpaired) electrons. The van der Waals surface area contributed by atoms with Crippen LogP contribution in [0.2, 0.25) is 0 Å². The average Bonchev–Trinajstić information content (AvgIpc) is 2.49. The van der Waals surface area contributed by atoms with Gasteiger partial charge in [-0.25, -0.2) is 0 Å². The zero-order chi connectivity index (χ0) is 14.7. The van der Waals surface area contributed by atoms with Crippen molar-refractivity contribution in [2.24, 2.45) is 0 Å². The van der Waals surface area contributed by atoms with Crippen LogP contribution in [0.15, 0.2) is 48.8 Å². The molecule has 0 aliphatic carbocycles. The summed E-state index contributed by atoms with van der Waals surface area (Å²) < 4.78 is 5.57.